The summed E-state index contributed by atoms with van der Waals surface area (Å²) in [7, 11) is 1.95. The number of hydrogen-bond donors (Lipinski definition) is 0. The molecule has 1 fully saturated rings. The molecule has 2 aromatic heterocycles. The van der Waals surface area contributed by atoms with Crippen LogP contribution < -0.4 is 0 Å². The lowest BCUT2D eigenvalue weighted by molar-refractivity contribution is 0.140. The first kappa shape index (κ1) is 16.9. The average molecular weight is 350 g/mol. The van der Waals surface area contributed by atoms with E-state index in [1.54, 1.807) is 6.07 Å². The van der Waals surface area contributed by atoms with Gasteiger partial charge in [-0.3, -0.25) is 14.6 Å². The molecule has 0 amide bonds. The molecule has 1 aliphatic rings. The second-order valence-corrected chi connectivity index (χ2v) is 6.99. The number of rotatable bonds is 4. The highest BCUT2D eigenvalue weighted by Crippen LogP contribution is 2.32. The minimum absolute atomic E-state index is 0.233. The van der Waals surface area contributed by atoms with Gasteiger partial charge in [0.1, 0.15) is 5.82 Å². The van der Waals surface area contributed by atoms with Gasteiger partial charge in [0.05, 0.1) is 11.9 Å². The van der Waals surface area contributed by atoms with Crippen molar-refractivity contribution in [1.82, 2.24) is 19.7 Å². The van der Waals surface area contributed by atoms with Gasteiger partial charge in [-0.05, 0) is 43.1 Å². The molecule has 134 valence electrons. The molecule has 3 heterocycles. The van der Waals surface area contributed by atoms with Crippen LogP contribution in [0.15, 0.2) is 55.0 Å². The van der Waals surface area contributed by atoms with E-state index in [0.29, 0.717) is 6.04 Å². The highest BCUT2D eigenvalue weighted by molar-refractivity contribution is 5.59. The standard InChI is InChI=1S/C21H23FN4/c1-25-14-16(12-24-25)15-26-10-3-2-7-21(26)18-8-9-20(23-13-18)17-5-4-6-19(22)11-17/h4-6,8-9,11-14,21H,2-3,7,10,15H2,1H3/t21-/m0/s1. The van der Waals surface area contributed by atoms with Crippen LogP contribution >= 0.6 is 0 Å². The third kappa shape index (κ3) is 3.68. The van der Waals surface area contributed by atoms with E-state index in [2.05, 4.69) is 27.2 Å². The summed E-state index contributed by atoms with van der Waals surface area (Å²) < 4.78 is 15.3. The summed E-state index contributed by atoms with van der Waals surface area (Å²) in [6.07, 6.45) is 9.58. The molecular formula is C21H23FN4. The number of aromatic nitrogens is 3. The number of hydrogen-bond acceptors (Lipinski definition) is 3. The van der Waals surface area contributed by atoms with Crippen LogP contribution in [0.2, 0.25) is 0 Å². The largest absolute Gasteiger partial charge is 0.292 e. The fourth-order valence-electron chi connectivity index (χ4n) is 3.77. The lowest BCUT2D eigenvalue weighted by Gasteiger charge is -2.35. The van der Waals surface area contributed by atoms with Crippen molar-refractivity contribution in [3.8, 4) is 11.3 Å². The molecule has 4 nitrogen and oxygen atoms in total. The Morgan fingerprint density at radius 2 is 2.08 bits per heavy atom. The Bertz CT molecular complexity index is 872. The minimum atomic E-state index is -0.233. The van der Waals surface area contributed by atoms with Gasteiger partial charge in [-0.25, -0.2) is 4.39 Å². The molecule has 0 radical (unpaired) electrons. The van der Waals surface area contributed by atoms with E-state index in [0.717, 1.165) is 30.8 Å². The van der Waals surface area contributed by atoms with E-state index in [9.17, 15) is 4.39 Å². The van der Waals surface area contributed by atoms with Crippen LogP contribution in [0.25, 0.3) is 11.3 Å². The van der Waals surface area contributed by atoms with Gasteiger partial charge in [0.2, 0.25) is 0 Å². The normalized spacial score (nSPS) is 18.2. The molecule has 0 unspecified atom stereocenters. The van der Waals surface area contributed by atoms with Crippen LogP contribution in [0.5, 0.6) is 0 Å². The molecule has 0 N–H and O–H groups in total. The zero-order chi connectivity index (χ0) is 17.9. The molecule has 1 aromatic carbocycles. The predicted molar refractivity (Wildman–Crippen MR) is 99.8 cm³/mol. The number of piperidine rings is 1. The second-order valence-electron chi connectivity index (χ2n) is 6.99. The fraction of sp³-hybridized carbons (Fsp3) is 0.333. The monoisotopic (exact) mass is 350 g/mol. The minimum Gasteiger partial charge on any atom is -0.292 e. The zero-order valence-corrected chi connectivity index (χ0v) is 15.0. The topological polar surface area (TPSA) is 34.0 Å². The Labute approximate surface area is 153 Å². The van der Waals surface area contributed by atoms with Crippen LogP contribution in [-0.4, -0.2) is 26.2 Å². The summed E-state index contributed by atoms with van der Waals surface area (Å²) in [5, 5.41) is 4.28. The van der Waals surface area contributed by atoms with Gasteiger partial charge in [-0.15, -0.1) is 0 Å². The van der Waals surface area contributed by atoms with Crippen molar-refractivity contribution in [3.05, 3.63) is 71.9 Å². The fourth-order valence-corrected chi connectivity index (χ4v) is 3.77. The van der Waals surface area contributed by atoms with Gasteiger partial charge in [0.25, 0.3) is 0 Å². The van der Waals surface area contributed by atoms with Crippen LogP contribution in [-0.2, 0) is 13.6 Å². The SMILES string of the molecule is Cn1cc(CN2CCCC[C@H]2c2ccc(-c3cccc(F)c3)nc2)cn1. The van der Waals surface area contributed by atoms with Gasteiger partial charge in [0.15, 0.2) is 0 Å². The van der Waals surface area contributed by atoms with Gasteiger partial charge < -0.3 is 0 Å². The summed E-state index contributed by atoms with van der Waals surface area (Å²) >= 11 is 0. The van der Waals surface area contributed by atoms with Gasteiger partial charge in [-0.1, -0.05) is 24.6 Å². The summed E-state index contributed by atoms with van der Waals surface area (Å²) in [6.45, 7) is 2.00. The van der Waals surface area contributed by atoms with E-state index in [1.165, 1.54) is 36.1 Å². The van der Waals surface area contributed by atoms with Crippen molar-refractivity contribution in [2.75, 3.05) is 6.54 Å². The maximum absolute atomic E-state index is 13.4. The lowest BCUT2D eigenvalue weighted by Crippen LogP contribution is -2.32. The van der Waals surface area contributed by atoms with Gasteiger partial charge in [0, 0.05) is 43.2 Å². The van der Waals surface area contributed by atoms with Crippen molar-refractivity contribution in [1.29, 1.82) is 0 Å². The summed E-state index contributed by atoms with van der Waals surface area (Å²) in [5.41, 5.74) is 4.09. The van der Waals surface area contributed by atoms with Crippen LogP contribution in [0.1, 0.15) is 36.4 Å². The first-order valence-electron chi connectivity index (χ1n) is 9.12. The maximum atomic E-state index is 13.4. The quantitative estimate of drug-likeness (QED) is 0.701. The summed E-state index contributed by atoms with van der Waals surface area (Å²) in [5.74, 6) is -0.233. The van der Waals surface area contributed by atoms with Crippen LogP contribution in [0, 0.1) is 5.82 Å². The van der Waals surface area contributed by atoms with E-state index < -0.39 is 0 Å². The second kappa shape index (κ2) is 7.38. The number of halogens is 1. The Balaban J connectivity index is 1.54. The first-order chi connectivity index (χ1) is 12.7. The highest BCUT2D eigenvalue weighted by Gasteiger charge is 2.24. The number of benzene rings is 1. The first-order valence-corrected chi connectivity index (χ1v) is 9.12. The molecule has 0 bridgehead atoms. The molecule has 0 saturated carbocycles. The Hall–Kier alpha value is -2.53. The molecule has 4 rings (SSSR count). The maximum Gasteiger partial charge on any atom is 0.123 e. The molecule has 1 aliphatic heterocycles. The Morgan fingerprint density at radius 1 is 1.15 bits per heavy atom. The molecule has 0 spiro atoms. The van der Waals surface area contributed by atoms with Crippen LogP contribution in [0.4, 0.5) is 4.39 Å². The molecule has 5 heteroatoms. The third-order valence-corrected chi connectivity index (χ3v) is 5.05. The number of aryl methyl sites for hydroxylation is 1. The zero-order valence-electron chi connectivity index (χ0n) is 15.0. The van der Waals surface area contributed by atoms with Crippen LogP contribution in [0.3, 0.4) is 0 Å². The summed E-state index contributed by atoms with van der Waals surface area (Å²) in [6, 6.07) is 11.1. The highest BCUT2D eigenvalue weighted by atomic mass is 19.1. The summed E-state index contributed by atoms with van der Waals surface area (Å²) in [4.78, 5) is 7.11. The van der Waals surface area contributed by atoms with Crippen molar-refractivity contribution in [2.24, 2.45) is 7.05 Å². The molecule has 3 aromatic rings. The van der Waals surface area contributed by atoms with Gasteiger partial charge >= 0.3 is 0 Å². The Kier molecular flexibility index (Phi) is 4.80. The van der Waals surface area contributed by atoms with E-state index in [1.807, 2.05) is 36.3 Å². The lowest BCUT2D eigenvalue weighted by atomic mass is 9.95. The smallest absolute Gasteiger partial charge is 0.123 e. The van der Waals surface area contributed by atoms with Crippen molar-refractivity contribution in [2.45, 2.75) is 31.8 Å². The number of pyridine rings is 1. The average Bonchev–Trinajstić information content (AvgIpc) is 3.07. The number of nitrogens with zero attached hydrogens (tertiary/aromatic N) is 4. The molecule has 26 heavy (non-hydrogen) atoms. The van der Waals surface area contributed by atoms with Crippen molar-refractivity contribution < 1.29 is 4.39 Å². The Morgan fingerprint density at radius 3 is 2.81 bits per heavy atom. The molecule has 1 saturated heterocycles. The van der Waals surface area contributed by atoms with E-state index >= 15 is 0 Å². The van der Waals surface area contributed by atoms with Gasteiger partial charge in [-0.2, -0.15) is 5.10 Å². The molecule has 0 aliphatic carbocycles. The predicted octanol–water partition coefficient (Wildman–Crippen LogP) is 4.35. The van der Waals surface area contributed by atoms with E-state index in [-0.39, 0.29) is 5.82 Å². The molecular weight excluding hydrogens is 327 g/mol. The van der Waals surface area contributed by atoms with Crippen molar-refractivity contribution >= 4 is 0 Å². The molecule has 1 atom stereocenters. The van der Waals surface area contributed by atoms with Crippen molar-refractivity contribution in [3.63, 3.8) is 0 Å². The van der Waals surface area contributed by atoms with E-state index in [4.69, 9.17) is 0 Å². The third-order valence-electron chi connectivity index (χ3n) is 5.05. The number of likely N-dealkylation sites (tertiary alicyclic amines) is 1.